The van der Waals surface area contributed by atoms with Gasteiger partial charge in [-0.25, -0.2) is 9.98 Å². The average Bonchev–Trinajstić information content (AvgIpc) is 3.40. The fraction of sp³-hybridized carbons (Fsp3) is 0.0455. The fourth-order valence-electron chi connectivity index (χ4n) is 2.99. The molecule has 2 heterocycles. The number of aromatic amines is 1. The van der Waals surface area contributed by atoms with Crippen LogP contribution >= 0.6 is 0 Å². The van der Waals surface area contributed by atoms with E-state index in [0.29, 0.717) is 17.4 Å². The monoisotopic (exact) mass is 383 g/mol. The first kappa shape index (κ1) is 17.0. The van der Waals surface area contributed by atoms with E-state index in [9.17, 15) is 0 Å². The number of rotatable bonds is 4. The van der Waals surface area contributed by atoms with E-state index in [0.717, 1.165) is 28.0 Å². The number of hydrogen-bond donors (Lipinski definition) is 2. The lowest BCUT2D eigenvalue weighted by atomic mass is 10.2. The highest BCUT2D eigenvalue weighted by atomic mass is 16.7. The summed E-state index contributed by atoms with van der Waals surface area (Å²) >= 11 is 0. The van der Waals surface area contributed by atoms with Crippen molar-refractivity contribution in [2.24, 2.45) is 10.1 Å². The van der Waals surface area contributed by atoms with Crippen LogP contribution in [0, 0.1) is 0 Å². The van der Waals surface area contributed by atoms with Gasteiger partial charge in [-0.1, -0.05) is 30.3 Å². The first-order valence-electron chi connectivity index (χ1n) is 9.13. The van der Waals surface area contributed by atoms with E-state index in [-0.39, 0.29) is 6.79 Å². The molecule has 5 rings (SSSR count). The van der Waals surface area contributed by atoms with Gasteiger partial charge in [0.1, 0.15) is 0 Å². The number of nitrogens with zero attached hydrogens (tertiary/aromatic N) is 3. The third-order valence-electron chi connectivity index (χ3n) is 4.39. The van der Waals surface area contributed by atoms with Crippen LogP contribution in [0.4, 0.5) is 5.69 Å². The first-order valence-corrected chi connectivity index (χ1v) is 9.13. The van der Waals surface area contributed by atoms with Crippen LogP contribution in [0.1, 0.15) is 11.4 Å². The van der Waals surface area contributed by atoms with Gasteiger partial charge in [0.25, 0.3) is 0 Å². The van der Waals surface area contributed by atoms with E-state index in [1.165, 1.54) is 0 Å². The number of imidazole rings is 1. The molecular weight excluding hydrogens is 366 g/mol. The number of benzene rings is 3. The van der Waals surface area contributed by atoms with Crippen LogP contribution in [0.2, 0.25) is 0 Å². The molecule has 0 bridgehead atoms. The Kier molecular flexibility index (Phi) is 4.38. The Morgan fingerprint density at radius 1 is 0.966 bits per heavy atom. The maximum absolute atomic E-state index is 5.41. The number of amidine groups is 1. The number of ether oxygens (including phenoxy) is 2. The number of hydrogen-bond acceptors (Lipinski definition) is 5. The molecule has 0 spiro atoms. The van der Waals surface area contributed by atoms with Gasteiger partial charge in [-0.3, -0.25) is 5.43 Å². The normalized spacial score (nSPS) is 13.3. The topological polar surface area (TPSA) is 83.9 Å². The van der Waals surface area contributed by atoms with Crippen molar-refractivity contribution in [1.29, 1.82) is 0 Å². The molecule has 0 saturated heterocycles. The van der Waals surface area contributed by atoms with Crippen LogP contribution < -0.4 is 14.9 Å². The molecule has 1 aromatic heterocycles. The largest absolute Gasteiger partial charge is 0.454 e. The number of aromatic nitrogens is 2. The number of fused-ring (bicyclic) bond motifs is 2. The minimum Gasteiger partial charge on any atom is -0.454 e. The van der Waals surface area contributed by atoms with Gasteiger partial charge in [0, 0.05) is 0 Å². The molecule has 7 heteroatoms. The number of nitrogens with one attached hydrogen (secondary N) is 2. The second-order valence-corrected chi connectivity index (χ2v) is 6.38. The lowest BCUT2D eigenvalue weighted by Gasteiger charge is -2.03. The zero-order valence-corrected chi connectivity index (χ0v) is 15.4. The van der Waals surface area contributed by atoms with Crippen molar-refractivity contribution in [1.82, 2.24) is 15.4 Å². The van der Waals surface area contributed by atoms with Gasteiger partial charge in [-0.15, -0.1) is 0 Å². The van der Waals surface area contributed by atoms with Gasteiger partial charge in [-0.05, 0) is 48.0 Å². The highest BCUT2D eigenvalue weighted by molar-refractivity contribution is 6.00. The molecule has 3 aromatic carbocycles. The first-order chi connectivity index (χ1) is 14.3. The Morgan fingerprint density at radius 3 is 2.69 bits per heavy atom. The Morgan fingerprint density at radius 2 is 1.79 bits per heavy atom. The molecular formula is C22H17N5O2. The molecule has 0 amide bonds. The summed E-state index contributed by atoms with van der Waals surface area (Å²) in [4.78, 5) is 12.6. The Bertz CT molecular complexity index is 1180. The van der Waals surface area contributed by atoms with Crippen LogP contribution in [0.25, 0.3) is 11.0 Å². The minimum absolute atomic E-state index is 0.244. The molecule has 0 atom stereocenters. The fourth-order valence-corrected chi connectivity index (χ4v) is 2.99. The smallest absolute Gasteiger partial charge is 0.231 e. The molecule has 0 saturated carbocycles. The number of para-hydroxylation sites is 3. The van der Waals surface area contributed by atoms with Gasteiger partial charge in [0.05, 0.1) is 22.9 Å². The summed E-state index contributed by atoms with van der Waals surface area (Å²) in [5.74, 6) is 2.58. The predicted octanol–water partition coefficient (Wildman–Crippen LogP) is 3.99. The van der Waals surface area contributed by atoms with Crippen LogP contribution in [0.3, 0.4) is 0 Å². The Labute approximate surface area is 166 Å². The molecule has 142 valence electrons. The zero-order valence-electron chi connectivity index (χ0n) is 15.4. The van der Waals surface area contributed by atoms with Gasteiger partial charge in [0.15, 0.2) is 23.2 Å². The maximum atomic E-state index is 5.41. The Hall–Kier alpha value is -4.13. The minimum atomic E-state index is 0.244. The molecule has 0 aliphatic carbocycles. The van der Waals surface area contributed by atoms with Crippen molar-refractivity contribution in [2.45, 2.75) is 0 Å². The van der Waals surface area contributed by atoms with Crippen LogP contribution in [-0.2, 0) is 0 Å². The molecule has 7 nitrogen and oxygen atoms in total. The highest BCUT2D eigenvalue weighted by Gasteiger charge is 2.13. The lowest BCUT2D eigenvalue weighted by Crippen LogP contribution is -2.20. The van der Waals surface area contributed by atoms with Gasteiger partial charge in [-0.2, -0.15) is 5.10 Å². The molecule has 0 fully saturated rings. The third-order valence-corrected chi connectivity index (χ3v) is 4.39. The summed E-state index contributed by atoms with van der Waals surface area (Å²) < 4.78 is 10.7. The summed E-state index contributed by atoms with van der Waals surface area (Å²) in [7, 11) is 0. The molecule has 1 aliphatic heterocycles. The van der Waals surface area contributed by atoms with Gasteiger partial charge >= 0.3 is 0 Å². The van der Waals surface area contributed by atoms with Gasteiger partial charge < -0.3 is 14.5 Å². The van der Waals surface area contributed by atoms with Crippen molar-refractivity contribution in [2.75, 3.05) is 6.79 Å². The summed E-state index contributed by atoms with van der Waals surface area (Å²) in [6.45, 7) is 0.244. The number of aliphatic imine (C=N–C) groups is 1. The summed E-state index contributed by atoms with van der Waals surface area (Å²) in [5.41, 5.74) is 6.50. The van der Waals surface area contributed by atoms with E-state index in [1.807, 2.05) is 72.8 Å². The van der Waals surface area contributed by atoms with Crippen LogP contribution in [-0.4, -0.2) is 28.8 Å². The van der Waals surface area contributed by atoms with E-state index in [1.54, 1.807) is 6.21 Å². The second-order valence-electron chi connectivity index (χ2n) is 6.38. The van der Waals surface area contributed by atoms with E-state index < -0.39 is 0 Å². The molecule has 1 aliphatic rings. The third kappa shape index (κ3) is 3.66. The second kappa shape index (κ2) is 7.47. The average molecular weight is 383 g/mol. The molecule has 2 N–H and O–H groups in total. The van der Waals surface area contributed by atoms with Crippen molar-refractivity contribution < 1.29 is 9.47 Å². The van der Waals surface area contributed by atoms with Crippen molar-refractivity contribution >= 4 is 28.8 Å². The predicted molar refractivity (Wildman–Crippen MR) is 112 cm³/mol. The summed E-state index contributed by atoms with van der Waals surface area (Å²) in [6, 6.07) is 23.2. The molecule has 0 unspecified atom stereocenters. The SMILES string of the molecule is C(=N/NC(=Nc1ccccc1)c1nc2ccccc2[nH]1)/c1ccc2c(c1)OCO2. The lowest BCUT2D eigenvalue weighted by molar-refractivity contribution is 0.174. The molecule has 29 heavy (non-hydrogen) atoms. The van der Waals surface area contributed by atoms with Crippen molar-refractivity contribution in [3.63, 3.8) is 0 Å². The Balaban J connectivity index is 1.45. The quantitative estimate of drug-likeness (QED) is 0.317. The van der Waals surface area contributed by atoms with E-state index in [4.69, 9.17) is 9.47 Å². The van der Waals surface area contributed by atoms with E-state index >= 15 is 0 Å². The number of hydrazone groups is 1. The summed E-state index contributed by atoms with van der Waals surface area (Å²) in [5, 5.41) is 4.35. The van der Waals surface area contributed by atoms with Gasteiger partial charge in [0.2, 0.25) is 6.79 Å². The summed E-state index contributed by atoms with van der Waals surface area (Å²) in [6.07, 6.45) is 1.70. The molecule has 4 aromatic rings. The van der Waals surface area contributed by atoms with Crippen molar-refractivity contribution in [3.8, 4) is 11.5 Å². The van der Waals surface area contributed by atoms with Crippen LogP contribution in [0.15, 0.2) is 82.9 Å². The zero-order chi connectivity index (χ0) is 19.5. The maximum Gasteiger partial charge on any atom is 0.231 e. The standard InChI is InChI=1S/C22H17N5O2/c1-2-6-16(7-3-1)24-22(21-25-17-8-4-5-9-18(17)26-21)27-23-13-15-10-11-19-20(12-15)29-14-28-19/h1-13H,14H2,(H,24,27)(H,25,26)/b23-13-. The van der Waals surface area contributed by atoms with Crippen molar-refractivity contribution in [3.05, 3.63) is 84.2 Å². The number of H-pyrrole nitrogens is 1. The van der Waals surface area contributed by atoms with Crippen LogP contribution in [0.5, 0.6) is 11.5 Å². The highest BCUT2D eigenvalue weighted by Crippen LogP contribution is 2.31. The van der Waals surface area contributed by atoms with E-state index in [2.05, 4.69) is 25.5 Å². The molecule has 0 radical (unpaired) electrons.